The molecule has 2 fully saturated rings. The molecule has 5 rings (SSSR count). The van der Waals surface area contributed by atoms with Gasteiger partial charge in [0.1, 0.15) is 5.82 Å². The molecule has 2 bridgehead atoms. The number of benzene rings is 3. The summed E-state index contributed by atoms with van der Waals surface area (Å²) in [5, 5.41) is 0. The van der Waals surface area contributed by atoms with E-state index in [0.29, 0.717) is 30.5 Å². The molecule has 2 saturated carbocycles. The molecule has 3 aromatic carbocycles. The summed E-state index contributed by atoms with van der Waals surface area (Å²) in [6.07, 6.45) is 8.30. The molecule has 0 N–H and O–H groups in total. The van der Waals surface area contributed by atoms with Crippen molar-refractivity contribution in [2.45, 2.75) is 53.0 Å². The van der Waals surface area contributed by atoms with Gasteiger partial charge in [-0.3, -0.25) is 9.59 Å². The quantitative estimate of drug-likeness (QED) is 0.255. The van der Waals surface area contributed by atoms with Gasteiger partial charge in [0.2, 0.25) is 5.91 Å². The Morgan fingerprint density at radius 2 is 1.55 bits per heavy atom. The van der Waals surface area contributed by atoms with Gasteiger partial charge in [-0.15, -0.1) is 0 Å². The molecule has 2 aliphatic carbocycles. The van der Waals surface area contributed by atoms with Crippen molar-refractivity contribution in [3.8, 4) is 11.1 Å². The number of rotatable bonds is 8. The maximum absolute atomic E-state index is 14.6. The fourth-order valence-corrected chi connectivity index (χ4v) is 6.02. The van der Waals surface area contributed by atoms with Gasteiger partial charge in [-0.25, -0.2) is 4.39 Å². The van der Waals surface area contributed by atoms with Gasteiger partial charge in [-0.05, 0) is 90.6 Å². The molecule has 6 heteroatoms. The average Bonchev–Trinajstić information content (AvgIpc) is 3.65. The molecule has 0 spiro atoms. The van der Waals surface area contributed by atoms with E-state index in [1.807, 2.05) is 58.0 Å². The van der Waals surface area contributed by atoms with Crippen LogP contribution in [0.2, 0.25) is 0 Å². The molecule has 0 aromatic heterocycles. The number of halogens is 1. The monoisotopic (exact) mass is 572 g/mol. The van der Waals surface area contributed by atoms with E-state index >= 15 is 0 Å². The van der Waals surface area contributed by atoms with Crippen LogP contribution in [-0.2, 0) is 20.9 Å². The first-order valence-electron chi connectivity index (χ1n) is 14.9. The number of fused-ring (bicyclic) bond motifs is 2. The number of ether oxygens (including phenoxy) is 1. The summed E-state index contributed by atoms with van der Waals surface area (Å²) in [5.41, 5.74) is 5.91. The van der Waals surface area contributed by atoms with Gasteiger partial charge < -0.3 is 14.5 Å². The van der Waals surface area contributed by atoms with E-state index in [4.69, 9.17) is 4.79 Å². The maximum atomic E-state index is 14.6. The number of carbonyl (C=O) groups excluding carboxylic acids is 2. The number of anilines is 2. The van der Waals surface area contributed by atoms with Crippen LogP contribution < -0.4 is 9.80 Å². The Morgan fingerprint density at radius 1 is 0.929 bits per heavy atom. The molecule has 0 saturated heterocycles. The zero-order chi connectivity index (χ0) is 30.6. The third kappa shape index (κ3) is 8.31. The Labute approximate surface area is 251 Å². The molecular weight excluding hydrogens is 527 g/mol. The molecule has 0 heterocycles. The minimum Gasteiger partial charge on any atom is -0.471 e. The highest BCUT2D eigenvalue weighted by atomic mass is 19.1. The lowest BCUT2D eigenvalue weighted by Gasteiger charge is -2.30. The predicted molar refractivity (Wildman–Crippen MR) is 172 cm³/mol. The number of methoxy groups -OCH3 is 1. The van der Waals surface area contributed by atoms with E-state index in [1.165, 1.54) is 32.1 Å². The number of amides is 1. The van der Waals surface area contributed by atoms with Crippen LogP contribution in [0.15, 0.2) is 72.8 Å². The van der Waals surface area contributed by atoms with Gasteiger partial charge in [0.25, 0.3) is 6.47 Å². The normalized spacial score (nSPS) is 18.4. The molecule has 224 valence electrons. The van der Waals surface area contributed by atoms with Crippen LogP contribution in [0, 0.1) is 23.6 Å². The maximum Gasteiger partial charge on any atom is 0.292 e. The van der Waals surface area contributed by atoms with Crippen molar-refractivity contribution in [3.63, 3.8) is 0 Å². The van der Waals surface area contributed by atoms with Gasteiger partial charge in [-0.1, -0.05) is 68.8 Å². The number of carbonyl (C=O) groups is 2. The summed E-state index contributed by atoms with van der Waals surface area (Å²) in [6.45, 7) is 6.73. The Balaban J connectivity index is 0.000000745. The zero-order valence-corrected chi connectivity index (χ0v) is 25.8. The molecule has 42 heavy (non-hydrogen) atoms. The highest BCUT2D eigenvalue weighted by molar-refractivity contribution is 5.95. The van der Waals surface area contributed by atoms with Crippen LogP contribution in [0.1, 0.15) is 57.6 Å². The smallest absolute Gasteiger partial charge is 0.292 e. The van der Waals surface area contributed by atoms with Crippen molar-refractivity contribution in [2.24, 2.45) is 17.8 Å². The standard InChI is InChI=1S/C32H35FN2O.C2H4O2.C2H6/c1-4-5-23-17-28(33)20-30(18-23)35(32(36)31-19-24-8-11-27(31)16-24)21-22-6-9-25(10-7-22)26-12-14-29(15-13-26)34(2)3;1-4-2-3;1-2/h4-7,9-10,12-15,17-18,20,24,27,31H,8,11,16,19,21H2,1-3H3;2H,1H3;1-2H3/b5-4+;;. The molecule has 3 atom stereocenters. The SMILES string of the molecule is C/C=C/c1cc(F)cc(N(Cc2ccc(-c3ccc(N(C)C)cc3)cc2)C(=O)C2CC3CCC2C3)c1.CC.COC=O. The lowest BCUT2D eigenvalue weighted by Crippen LogP contribution is -2.38. The summed E-state index contributed by atoms with van der Waals surface area (Å²) in [6, 6.07) is 21.8. The van der Waals surface area contributed by atoms with Crippen molar-refractivity contribution < 1.29 is 18.7 Å². The second-order valence-electron chi connectivity index (χ2n) is 10.9. The largest absolute Gasteiger partial charge is 0.471 e. The lowest BCUT2D eigenvalue weighted by molar-refractivity contribution is -0.126. The fourth-order valence-electron chi connectivity index (χ4n) is 6.02. The summed E-state index contributed by atoms with van der Waals surface area (Å²) < 4.78 is 18.4. The van der Waals surface area contributed by atoms with Crippen LogP contribution in [-0.4, -0.2) is 33.6 Å². The van der Waals surface area contributed by atoms with Crippen molar-refractivity contribution in [2.75, 3.05) is 31.0 Å². The van der Waals surface area contributed by atoms with Crippen LogP contribution in [0.4, 0.5) is 15.8 Å². The summed E-state index contributed by atoms with van der Waals surface area (Å²) in [7, 11) is 5.38. The Bertz CT molecular complexity index is 1320. The number of hydrogen-bond acceptors (Lipinski definition) is 4. The number of nitrogens with zero attached hydrogens (tertiary/aromatic N) is 2. The van der Waals surface area contributed by atoms with Crippen LogP contribution in [0.3, 0.4) is 0 Å². The van der Waals surface area contributed by atoms with Gasteiger partial charge in [-0.2, -0.15) is 0 Å². The minimum absolute atomic E-state index is 0.0478. The second kappa shape index (κ2) is 15.9. The van der Waals surface area contributed by atoms with Crippen LogP contribution in [0.5, 0.6) is 0 Å². The van der Waals surface area contributed by atoms with Crippen molar-refractivity contribution >= 4 is 29.8 Å². The molecule has 3 aromatic rings. The first-order valence-corrected chi connectivity index (χ1v) is 14.9. The molecule has 3 unspecified atom stereocenters. The molecule has 0 aliphatic heterocycles. The van der Waals surface area contributed by atoms with E-state index in [-0.39, 0.29) is 17.6 Å². The van der Waals surface area contributed by atoms with Gasteiger partial charge in [0.15, 0.2) is 0 Å². The Hall–Kier alpha value is -3.93. The number of allylic oxidation sites excluding steroid dienone is 1. The highest BCUT2D eigenvalue weighted by Crippen LogP contribution is 2.49. The van der Waals surface area contributed by atoms with E-state index in [1.54, 1.807) is 0 Å². The van der Waals surface area contributed by atoms with Crippen molar-refractivity contribution in [1.29, 1.82) is 0 Å². The molecule has 1 amide bonds. The summed E-state index contributed by atoms with van der Waals surface area (Å²) >= 11 is 0. The lowest BCUT2D eigenvalue weighted by atomic mass is 9.87. The topological polar surface area (TPSA) is 49.9 Å². The number of hydrogen-bond donors (Lipinski definition) is 0. The average molecular weight is 573 g/mol. The summed E-state index contributed by atoms with van der Waals surface area (Å²) in [4.78, 5) is 26.7. The molecule has 2 aliphatic rings. The van der Waals surface area contributed by atoms with Gasteiger partial charge in [0.05, 0.1) is 13.7 Å². The van der Waals surface area contributed by atoms with Crippen LogP contribution >= 0.6 is 0 Å². The zero-order valence-electron chi connectivity index (χ0n) is 25.8. The third-order valence-electron chi connectivity index (χ3n) is 8.00. The fraction of sp³-hybridized carbons (Fsp3) is 0.389. The molecular formula is C36H45FN2O3. The minimum atomic E-state index is -0.317. The van der Waals surface area contributed by atoms with E-state index in [2.05, 4.69) is 58.2 Å². The van der Waals surface area contributed by atoms with Crippen LogP contribution in [0.25, 0.3) is 17.2 Å². The molecule has 0 radical (unpaired) electrons. The molecule has 5 nitrogen and oxygen atoms in total. The van der Waals surface area contributed by atoms with E-state index in [0.717, 1.165) is 40.8 Å². The summed E-state index contributed by atoms with van der Waals surface area (Å²) in [5.74, 6) is 1.02. The first-order chi connectivity index (χ1) is 20.3. The Morgan fingerprint density at radius 3 is 2.05 bits per heavy atom. The van der Waals surface area contributed by atoms with Gasteiger partial charge >= 0.3 is 0 Å². The first kappa shape index (κ1) is 32.6. The van der Waals surface area contributed by atoms with Crippen molar-refractivity contribution in [1.82, 2.24) is 0 Å². The highest BCUT2D eigenvalue weighted by Gasteiger charge is 2.44. The van der Waals surface area contributed by atoms with E-state index in [9.17, 15) is 9.18 Å². The van der Waals surface area contributed by atoms with E-state index < -0.39 is 0 Å². The van der Waals surface area contributed by atoms with Crippen molar-refractivity contribution in [3.05, 3.63) is 89.8 Å². The third-order valence-corrected chi connectivity index (χ3v) is 8.00. The van der Waals surface area contributed by atoms with Gasteiger partial charge in [0, 0.05) is 31.4 Å². The predicted octanol–water partition coefficient (Wildman–Crippen LogP) is 8.38. The second-order valence-corrected chi connectivity index (χ2v) is 10.9. The Kier molecular flexibility index (Phi) is 12.3.